The predicted molar refractivity (Wildman–Crippen MR) is 126 cm³/mol. The molecule has 5 nitrogen and oxygen atoms in total. The number of hydrogen-bond donors (Lipinski definition) is 0. The van der Waals surface area contributed by atoms with E-state index in [4.69, 9.17) is 23.4 Å². The molecule has 0 spiro atoms. The van der Waals surface area contributed by atoms with E-state index < -0.39 is 20.0 Å². The van der Waals surface area contributed by atoms with Crippen LogP contribution in [0.1, 0.15) is 31.9 Å². The fourth-order valence-electron chi connectivity index (χ4n) is 2.78. The van der Waals surface area contributed by atoms with Crippen molar-refractivity contribution >= 4 is 20.0 Å². The molecule has 2 rings (SSSR count). The average Bonchev–Trinajstić information content (AvgIpc) is 2.75. The second-order valence-corrected chi connectivity index (χ2v) is 13.5. The molecule has 0 radical (unpaired) electrons. The zero-order valence-electron chi connectivity index (χ0n) is 20.2. The fourth-order valence-corrected chi connectivity index (χ4v) is 3.80. The van der Waals surface area contributed by atoms with Gasteiger partial charge in [0.2, 0.25) is 5.75 Å². The highest BCUT2D eigenvalue weighted by Crippen LogP contribution is 2.44. The van der Waals surface area contributed by atoms with Crippen molar-refractivity contribution in [3.8, 4) is 28.7 Å². The number of methoxy groups -OCH3 is 4. The Morgan fingerprint density at radius 1 is 0.688 bits per heavy atom. The van der Waals surface area contributed by atoms with E-state index in [1.54, 1.807) is 6.07 Å². The lowest BCUT2D eigenvalue weighted by Gasteiger charge is -2.36. The van der Waals surface area contributed by atoms with Crippen LogP contribution in [0.3, 0.4) is 0 Å². The summed E-state index contributed by atoms with van der Waals surface area (Å²) in [7, 11) is 3.53. The number of rotatable bonds is 8. The van der Waals surface area contributed by atoms with Gasteiger partial charge in [0.15, 0.2) is 28.9 Å². The molecule has 2 aromatic rings. The maximum atomic E-state index is 15.3. The van der Waals surface area contributed by atoms with Crippen LogP contribution in [0.15, 0.2) is 30.3 Å². The van der Waals surface area contributed by atoms with Crippen molar-refractivity contribution in [3.05, 3.63) is 41.5 Å². The lowest BCUT2D eigenvalue weighted by atomic mass is 10.1. The molecular weight excluding hydrogens is 434 g/mol. The van der Waals surface area contributed by atoms with Crippen LogP contribution in [-0.2, 0) is 0 Å². The summed E-state index contributed by atoms with van der Waals surface area (Å²) < 4.78 is 57.9. The van der Waals surface area contributed by atoms with E-state index in [1.165, 1.54) is 52.7 Å². The highest BCUT2D eigenvalue weighted by molar-refractivity contribution is 6.74. The molecule has 0 heterocycles. The number of hydrogen-bond acceptors (Lipinski definition) is 5. The molecular formula is C24H32F2O5Si. The van der Waals surface area contributed by atoms with Crippen LogP contribution < -0.4 is 23.4 Å². The summed E-state index contributed by atoms with van der Waals surface area (Å²) in [5, 5.41) is -0.0795. The standard InChI is InChI=1S/C24H32F2O5Si/c1-24(2,3)32(8,9)31-18-12-15(10-11-17(18)27-4)21(25)22(26)16-13-19(28-5)23(30-7)20(14-16)29-6/h10-14H,1-9H3/b22-21-. The van der Waals surface area contributed by atoms with Crippen molar-refractivity contribution in [3.63, 3.8) is 0 Å². The summed E-state index contributed by atoms with van der Waals surface area (Å²) in [5.74, 6) is -0.525. The normalized spacial score (nSPS) is 12.7. The minimum atomic E-state index is -2.24. The molecule has 0 unspecified atom stereocenters. The summed E-state index contributed by atoms with van der Waals surface area (Å²) in [5.41, 5.74) is -0.00885. The summed E-state index contributed by atoms with van der Waals surface area (Å²) in [6, 6.07) is 7.19. The maximum absolute atomic E-state index is 15.3. The minimum Gasteiger partial charge on any atom is -0.541 e. The quantitative estimate of drug-likeness (QED) is 0.314. The van der Waals surface area contributed by atoms with Gasteiger partial charge in [0.1, 0.15) is 5.75 Å². The van der Waals surface area contributed by atoms with Gasteiger partial charge in [-0.1, -0.05) is 20.8 Å². The molecule has 0 aliphatic carbocycles. The molecule has 0 saturated heterocycles. The van der Waals surface area contributed by atoms with Gasteiger partial charge in [-0.3, -0.25) is 0 Å². The second kappa shape index (κ2) is 9.81. The Bertz CT molecular complexity index is 971. The molecule has 0 atom stereocenters. The molecule has 0 saturated carbocycles. The topological polar surface area (TPSA) is 46.2 Å². The summed E-state index contributed by atoms with van der Waals surface area (Å²) in [6.07, 6.45) is 0. The Balaban J connectivity index is 2.58. The van der Waals surface area contributed by atoms with Gasteiger partial charge in [0.05, 0.1) is 28.4 Å². The van der Waals surface area contributed by atoms with Crippen molar-refractivity contribution in [1.29, 1.82) is 0 Å². The Labute approximate surface area is 190 Å². The largest absolute Gasteiger partial charge is 0.541 e. The van der Waals surface area contributed by atoms with Gasteiger partial charge in [-0.25, -0.2) is 8.78 Å². The smallest absolute Gasteiger partial charge is 0.250 e. The van der Waals surface area contributed by atoms with E-state index in [2.05, 4.69) is 33.9 Å². The summed E-state index contributed by atoms with van der Waals surface area (Å²) in [6.45, 7) is 10.4. The van der Waals surface area contributed by atoms with Gasteiger partial charge >= 0.3 is 0 Å². The van der Waals surface area contributed by atoms with Crippen LogP contribution >= 0.6 is 0 Å². The lowest BCUT2D eigenvalue weighted by molar-refractivity contribution is 0.324. The third-order valence-electron chi connectivity index (χ3n) is 5.70. The van der Waals surface area contributed by atoms with Crippen molar-refractivity contribution in [2.75, 3.05) is 28.4 Å². The Morgan fingerprint density at radius 2 is 1.16 bits per heavy atom. The first-order chi connectivity index (χ1) is 14.9. The van der Waals surface area contributed by atoms with E-state index >= 15 is 8.78 Å². The zero-order valence-corrected chi connectivity index (χ0v) is 21.2. The number of benzene rings is 2. The van der Waals surface area contributed by atoms with Gasteiger partial charge in [-0.15, -0.1) is 0 Å². The Hall–Kier alpha value is -2.74. The molecule has 0 bridgehead atoms. The van der Waals surface area contributed by atoms with Gasteiger partial charge in [-0.05, 0) is 48.5 Å². The molecule has 8 heteroatoms. The monoisotopic (exact) mass is 466 g/mol. The third kappa shape index (κ3) is 5.18. The molecule has 32 heavy (non-hydrogen) atoms. The van der Waals surface area contributed by atoms with Gasteiger partial charge in [-0.2, -0.15) is 0 Å². The molecule has 0 N–H and O–H groups in total. The second-order valence-electron chi connectivity index (χ2n) is 8.77. The van der Waals surface area contributed by atoms with E-state index in [1.807, 2.05) is 0 Å². The van der Waals surface area contributed by atoms with E-state index in [0.717, 1.165) is 0 Å². The molecule has 0 aliphatic rings. The van der Waals surface area contributed by atoms with E-state index in [9.17, 15) is 0 Å². The molecule has 0 aliphatic heterocycles. The van der Waals surface area contributed by atoms with Crippen LogP contribution in [0, 0.1) is 0 Å². The van der Waals surface area contributed by atoms with Gasteiger partial charge < -0.3 is 23.4 Å². The number of ether oxygens (including phenoxy) is 4. The third-order valence-corrected chi connectivity index (χ3v) is 10.0. The summed E-state index contributed by atoms with van der Waals surface area (Å²) in [4.78, 5) is 0. The van der Waals surface area contributed by atoms with Crippen LogP contribution in [0.4, 0.5) is 8.78 Å². The fraction of sp³-hybridized carbons (Fsp3) is 0.417. The Morgan fingerprint density at radius 3 is 1.59 bits per heavy atom. The van der Waals surface area contributed by atoms with Crippen molar-refractivity contribution < 1.29 is 32.2 Å². The van der Waals surface area contributed by atoms with E-state index in [0.29, 0.717) is 17.2 Å². The first-order valence-corrected chi connectivity index (χ1v) is 13.0. The molecule has 0 fully saturated rings. The first-order valence-electron chi connectivity index (χ1n) is 10.1. The molecule has 2 aromatic carbocycles. The van der Waals surface area contributed by atoms with Crippen molar-refractivity contribution in [1.82, 2.24) is 0 Å². The molecule has 0 aromatic heterocycles. The summed E-state index contributed by atoms with van der Waals surface area (Å²) >= 11 is 0. The van der Waals surface area contributed by atoms with Crippen molar-refractivity contribution in [2.45, 2.75) is 38.9 Å². The maximum Gasteiger partial charge on any atom is 0.250 e. The van der Waals surface area contributed by atoms with E-state index in [-0.39, 0.29) is 27.7 Å². The van der Waals surface area contributed by atoms with Crippen LogP contribution in [0.2, 0.25) is 18.1 Å². The van der Waals surface area contributed by atoms with Crippen LogP contribution in [-0.4, -0.2) is 36.8 Å². The minimum absolute atomic E-state index is 0.0331. The van der Waals surface area contributed by atoms with Gasteiger partial charge in [0, 0.05) is 11.1 Å². The van der Waals surface area contributed by atoms with Gasteiger partial charge in [0.25, 0.3) is 8.32 Å². The molecule has 176 valence electrons. The van der Waals surface area contributed by atoms with Crippen LogP contribution in [0.25, 0.3) is 11.7 Å². The van der Waals surface area contributed by atoms with Crippen molar-refractivity contribution in [2.24, 2.45) is 0 Å². The highest BCUT2D eigenvalue weighted by Gasteiger charge is 2.39. The number of halogens is 2. The highest BCUT2D eigenvalue weighted by atomic mass is 28.4. The average molecular weight is 467 g/mol. The molecule has 0 amide bonds. The predicted octanol–water partition coefficient (Wildman–Crippen LogP) is 6.87. The SMILES string of the molecule is COc1ccc(/C(F)=C(/F)c2cc(OC)c(OC)c(OC)c2)cc1O[Si](C)(C)C(C)(C)C. The lowest BCUT2D eigenvalue weighted by Crippen LogP contribution is -2.43. The zero-order chi connectivity index (χ0) is 24.3. The first kappa shape index (κ1) is 25.5. The Kier molecular flexibility index (Phi) is 7.82. The van der Waals surface area contributed by atoms with Crippen LogP contribution in [0.5, 0.6) is 28.7 Å².